The average molecular weight is 590 g/mol. The maximum atomic E-state index is 14.3. The van der Waals surface area contributed by atoms with Crippen molar-refractivity contribution in [3.63, 3.8) is 0 Å². The van der Waals surface area contributed by atoms with Crippen LogP contribution in [0.15, 0.2) is 78.9 Å². The van der Waals surface area contributed by atoms with Gasteiger partial charge in [0.1, 0.15) is 5.41 Å². The second kappa shape index (κ2) is 16.2. The van der Waals surface area contributed by atoms with Crippen LogP contribution < -0.4 is 5.32 Å². The molecule has 0 aromatic heterocycles. The first-order valence-electron chi connectivity index (χ1n) is 15.9. The summed E-state index contributed by atoms with van der Waals surface area (Å²) < 4.78 is 25.2. The van der Waals surface area contributed by atoms with E-state index in [1.54, 1.807) is 0 Å². The van der Waals surface area contributed by atoms with Gasteiger partial charge >= 0.3 is 7.60 Å². The van der Waals surface area contributed by atoms with Gasteiger partial charge in [0.2, 0.25) is 5.91 Å². The standard InChI is InChI=1S/C36H48NO4P/c1-3-5-27-40-42(39,41-28-6-4-2)29-17-15-25-36(35(38)37-26-16-14-20-30-18-8-7-9-19-30)33-23-12-10-21-31(33)32-22-11-13-24-34(32)36/h7-13,18-19,21-24H,3-6,14-17,20,25-29H2,1-2H3,(H,37,38). The third-order valence-corrected chi connectivity index (χ3v) is 10.3. The number of unbranched alkanes of at least 4 members (excludes halogenated alkanes) is 4. The van der Waals surface area contributed by atoms with Gasteiger partial charge in [-0.3, -0.25) is 9.36 Å². The van der Waals surface area contributed by atoms with E-state index in [4.69, 9.17) is 9.05 Å². The van der Waals surface area contributed by atoms with Crippen molar-refractivity contribution >= 4 is 13.5 Å². The van der Waals surface area contributed by atoms with Crippen molar-refractivity contribution in [1.29, 1.82) is 0 Å². The molecule has 1 aliphatic carbocycles. The topological polar surface area (TPSA) is 64.6 Å². The van der Waals surface area contributed by atoms with Crippen LogP contribution >= 0.6 is 7.60 Å². The molecule has 3 aromatic rings. The van der Waals surface area contributed by atoms with E-state index < -0.39 is 13.0 Å². The van der Waals surface area contributed by atoms with Gasteiger partial charge in [-0.05, 0) is 72.8 Å². The second-order valence-corrected chi connectivity index (χ2v) is 13.5. The van der Waals surface area contributed by atoms with Crippen molar-refractivity contribution in [2.45, 2.75) is 83.5 Å². The zero-order valence-electron chi connectivity index (χ0n) is 25.5. The molecule has 1 amide bonds. The molecule has 1 N–H and O–H groups in total. The first kappa shape index (κ1) is 32.2. The number of aryl methyl sites for hydroxylation is 1. The van der Waals surface area contributed by atoms with Crippen molar-refractivity contribution in [1.82, 2.24) is 5.32 Å². The molecule has 5 nitrogen and oxygen atoms in total. The number of nitrogens with one attached hydrogen (secondary N) is 1. The summed E-state index contributed by atoms with van der Waals surface area (Å²) in [5.74, 6) is 0.0567. The lowest BCUT2D eigenvalue weighted by Gasteiger charge is -2.31. The van der Waals surface area contributed by atoms with Gasteiger partial charge in [0.25, 0.3) is 0 Å². The van der Waals surface area contributed by atoms with Crippen molar-refractivity contribution in [2.24, 2.45) is 0 Å². The Bertz CT molecular complexity index is 1250. The van der Waals surface area contributed by atoms with Crippen molar-refractivity contribution in [2.75, 3.05) is 25.9 Å². The quantitative estimate of drug-likeness (QED) is 0.112. The Morgan fingerprint density at radius 1 is 0.714 bits per heavy atom. The molecule has 6 heteroatoms. The molecule has 0 saturated heterocycles. The largest absolute Gasteiger partial charge is 0.355 e. The van der Waals surface area contributed by atoms with Crippen LogP contribution in [0.3, 0.4) is 0 Å². The SMILES string of the molecule is CCCCOP(=O)(CCCCC1(C(=O)NCCCCc2ccccc2)c2ccccc2-c2ccccc21)OCCCC. The predicted molar refractivity (Wildman–Crippen MR) is 173 cm³/mol. The van der Waals surface area contributed by atoms with Crippen LogP contribution in [0.5, 0.6) is 0 Å². The van der Waals surface area contributed by atoms with Gasteiger partial charge in [0.05, 0.1) is 19.4 Å². The molecule has 0 bridgehead atoms. The number of carbonyl (C=O) groups excluding carboxylic acids is 1. The van der Waals surface area contributed by atoms with Crippen LogP contribution in [0.1, 0.15) is 88.3 Å². The minimum absolute atomic E-state index is 0.0567. The summed E-state index contributed by atoms with van der Waals surface area (Å²) in [4.78, 5) is 14.3. The highest BCUT2D eigenvalue weighted by Crippen LogP contribution is 2.53. The van der Waals surface area contributed by atoms with Crippen molar-refractivity contribution < 1.29 is 18.4 Å². The molecule has 0 aliphatic heterocycles. The van der Waals surface area contributed by atoms with Gasteiger partial charge in [-0.1, -0.05) is 112 Å². The highest BCUT2D eigenvalue weighted by molar-refractivity contribution is 7.53. The minimum Gasteiger partial charge on any atom is -0.355 e. The lowest BCUT2D eigenvalue weighted by molar-refractivity contribution is -0.125. The van der Waals surface area contributed by atoms with Gasteiger partial charge in [0, 0.05) is 6.54 Å². The van der Waals surface area contributed by atoms with Crippen LogP contribution in [-0.4, -0.2) is 31.8 Å². The molecule has 42 heavy (non-hydrogen) atoms. The number of hydrogen-bond acceptors (Lipinski definition) is 4. The minimum atomic E-state index is -3.17. The van der Waals surface area contributed by atoms with E-state index >= 15 is 0 Å². The molecule has 0 radical (unpaired) electrons. The summed E-state index contributed by atoms with van der Waals surface area (Å²) in [6.07, 6.45) is 9.08. The monoisotopic (exact) mass is 589 g/mol. The van der Waals surface area contributed by atoms with Crippen LogP contribution in [0.4, 0.5) is 0 Å². The molecule has 0 unspecified atom stereocenters. The Labute approximate surface area is 253 Å². The lowest BCUT2D eigenvalue weighted by atomic mass is 9.73. The van der Waals surface area contributed by atoms with E-state index in [9.17, 15) is 9.36 Å². The molecule has 3 aromatic carbocycles. The molecule has 0 atom stereocenters. The van der Waals surface area contributed by atoms with Gasteiger partial charge in [-0.15, -0.1) is 0 Å². The summed E-state index contributed by atoms with van der Waals surface area (Å²) in [6, 6.07) is 27.1. The number of hydrogen-bond donors (Lipinski definition) is 1. The van der Waals surface area contributed by atoms with E-state index in [1.165, 1.54) is 5.56 Å². The van der Waals surface area contributed by atoms with E-state index in [-0.39, 0.29) is 5.91 Å². The molecular formula is C36H48NO4P. The van der Waals surface area contributed by atoms with Crippen molar-refractivity contribution in [3.05, 3.63) is 95.6 Å². The van der Waals surface area contributed by atoms with Crippen LogP contribution in [0.2, 0.25) is 0 Å². The summed E-state index contributed by atoms with van der Waals surface area (Å²) in [6.45, 7) is 5.74. The predicted octanol–water partition coefficient (Wildman–Crippen LogP) is 9.09. The van der Waals surface area contributed by atoms with E-state index in [2.05, 4.69) is 67.7 Å². The zero-order valence-corrected chi connectivity index (χ0v) is 26.4. The number of benzene rings is 3. The first-order valence-corrected chi connectivity index (χ1v) is 17.7. The Hall–Kier alpha value is -2.72. The van der Waals surface area contributed by atoms with E-state index in [0.29, 0.717) is 38.8 Å². The number of carbonyl (C=O) groups is 1. The molecule has 0 spiro atoms. The maximum absolute atomic E-state index is 14.3. The van der Waals surface area contributed by atoms with Crippen LogP contribution in [0.25, 0.3) is 11.1 Å². The maximum Gasteiger partial charge on any atom is 0.330 e. The highest BCUT2D eigenvalue weighted by Gasteiger charge is 2.48. The Morgan fingerprint density at radius 2 is 1.29 bits per heavy atom. The first-order chi connectivity index (χ1) is 20.5. The zero-order chi connectivity index (χ0) is 29.7. The third-order valence-electron chi connectivity index (χ3n) is 8.28. The Kier molecular flexibility index (Phi) is 12.4. The number of rotatable bonds is 19. The van der Waals surface area contributed by atoms with E-state index in [1.807, 2.05) is 30.3 Å². The van der Waals surface area contributed by atoms with E-state index in [0.717, 1.165) is 73.6 Å². The fourth-order valence-electron chi connectivity index (χ4n) is 5.96. The molecule has 0 saturated carbocycles. The molecule has 4 rings (SSSR count). The number of fused-ring (bicyclic) bond motifs is 3. The van der Waals surface area contributed by atoms with Crippen LogP contribution in [-0.2, 0) is 30.2 Å². The summed E-state index contributed by atoms with van der Waals surface area (Å²) in [7, 11) is -3.17. The van der Waals surface area contributed by atoms with Crippen molar-refractivity contribution in [3.8, 4) is 11.1 Å². The lowest BCUT2D eigenvalue weighted by Crippen LogP contribution is -2.44. The fraction of sp³-hybridized carbons (Fsp3) is 0.472. The molecule has 0 fully saturated rings. The summed E-state index contributed by atoms with van der Waals surface area (Å²) in [5, 5.41) is 3.32. The molecular weight excluding hydrogens is 541 g/mol. The van der Waals surface area contributed by atoms with Gasteiger partial charge < -0.3 is 14.4 Å². The summed E-state index contributed by atoms with van der Waals surface area (Å²) in [5.41, 5.74) is 4.94. The molecule has 1 aliphatic rings. The smallest absolute Gasteiger partial charge is 0.330 e. The molecule has 226 valence electrons. The number of amides is 1. The Morgan fingerprint density at radius 3 is 1.88 bits per heavy atom. The van der Waals surface area contributed by atoms with Crippen LogP contribution in [0, 0.1) is 0 Å². The third kappa shape index (κ3) is 8.01. The fourth-order valence-corrected chi connectivity index (χ4v) is 7.72. The molecule has 0 heterocycles. The van der Waals surface area contributed by atoms with Gasteiger partial charge in [-0.25, -0.2) is 0 Å². The average Bonchev–Trinajstić information content (AvgIpc) is 3.31. The second-order valence-electron chi connectivity index (χ2n) is 11.4. The Balaban J connectivity index is 1.47. The van der Waals surface area contributed by atoms with Gasteiger partial charge in [-0.2, -0.15) is 0 Å². The van der Waals surface area contributed by atoms with Gasteiger partial charge in [0.15, 0.2) is 0 Å². The summed E-state index contributed by atoms with van der Waals surface area (Å²) >= 11 is 0. The highest BCUT2D eigenvalue weighted by atomic mass is 31.2. The normalized spacial score (nSPS) is 13.5.